The molecule has 2 aromatic carbocycles. The van der Waals surface area contributed by atoms with E-state index in [9.17, 15) is 22.8 Å². The number of carbonyl (C=O) groups excluding carboxylic acids is 3. The third kappa shape index (κ3) is 4.44. The van der Waals surface area contributed by atoms with E-state index in [0.717, 1.165) is 22.7 Å². The van der Waals surface area contributed by atoms with Gasteiger partial charge in [0.05, 0.1) is 28.3 Å². The van der Waals surface area contributed by atoms with E-state index in [1.54, 1.807) is 52.7 Å². The van der Waals surface area contributed by atoms with Crippen molar-refractivity contribution in [3.8, 4) is 17.0 Å². The number of hydrogen-bond donors (Lipinski definition) is 1. The molecule has 0 aliphatic carbocycles. The van der Waals surface area contributed by atoms with Crippen LogP contribution in [0.25, 0.3) is 11.3 Å². The normalized spacial score (nSPS) is 15.1. The summed E-state index contributed by atoms with van der Waals surface area (Å²) in [6.45, 7) is 2.27. The molecule has 3 aromatic rings. The second-order valence-corrected chi connectivity index (χ2v) is 11.0. The number of rotatable bonds is 8. The maximum absolute atomic E-state index is 12.7. The third-order valence-electron chi connectivity index (χ3n) is 5.85. The fourth-order valence-electron chi connectivity index (χ4n) is 4.12. The van der Waals surface area contributed by atoms with E-state index < -0.39 is 27.6 Å². The van der Waals surface area contributed by atoms with E-state index in [1.165, 1.54) is 0 Å². The van der Waals surface area contributed by atoms with Gasteiger partial charge < -0.3 is 9.64 Å². The average molecular weight is 527 g/mol. The summed E-state index contributed by atoms with van der Waals surface area (Å²) < 4.78 is 33.3. The number of hydrogen-bond acceptors (Lipinski definition) is 8. The molecule has 1 aromatic heterocycles. The van der Waals surface area contributed by atoms with Gasteiger partial charge in [0, 0.05) is 24.0 Å². The first-order valence-electron chi connectivity index (χ1n) is 11.3. The predicted molar refractivity (Wildman–Crippen MR) is 135 cm³/mol. The summed E-state index contributed by atoms with van der Waals surface area (Å²) in [5.41, 5.74) is 2.44. The Kier molecular flexibility index (Phi) is 6.22. The van der Waals surface area contributed by atoms with Gasteiger partial charge in [0.25, 0.3) is 17.7 Å². The standard InChI is InChI=1S/C24H22N4O6S2/c1-2-9-27-19-12-15(7-8-20(19)34-13-21(27)29)18-14-35-24(25-18)26-36(32,33)11-10-28-22(30)16-5-3-4-6-17(16)23(28)31/h3-8,12,14H,2,9-11,13H2,1H3,(H,25,26). The minimum absolute atomic E-state index is 0.00428. The number of thiazole rings is 1. The van der Waals surface area contributed by atoms with Gasteiger partial charge in [-0.05, 0) is 36.8 Å². The average Bonchev–Trinajstić information content (AvgIpc) is 3.42. The highest BCUT2D eigenvalue weighted by Crippen LogP contribution is 2.37. The lowest BCUT2D eigenvalue weighted by atomic mass is 10.1. The van der Waals surface area contributed by atoms with Crippen molar-refractivity contribution in [2.75, 3.05) is 35.1 Å². The highest BCUT2D eigenvalue weighted by Gasteiger charge is 2.35. The third-order valence-corrected chi connectivity index (χ3v) is 7.97. The van der Waals surface area contributed by atoms with Gasteiger partial charge in [0.15, 0.2) is 11.7 Å². The van der Waals surface area contributed by atoms with Gasteiger partial charge in [-0.1, -0.05) is 19.1 Å². The van der Waals surface area contributed by atoms with Gasteiger partial charge >= 0.3 is 0 Å². The van der Waals surface area contributed by atoms with Crippen LogP contribution in [0.1, 0.15) is 34.1 Å². The Balaban J connectivity index is 1.28. The Morgan fingerprint density at radius 2 is 1.75 bits per heavy atom. The number of benzene rings is 2. The van der Waals surface area contributed by atoms with Gasteiger partial charge in [0.1, 0.15) is 5.75 Å². The van der Waals surface area contributed by atoms with Crippen molar-refractivity contribution < 1.29 is 27.5 Å². The number of anilines is 2. The zero-order valence-corrected chi connectivity index (χ0v) is 20.9. The van der Waals surface area contributed by atoms with Crippen LogP contribution in [0.4, 0.5) is 10.8 Å². The van der Waals surface area contributed by atoms with Crippen LogP contribution >= 0.6 is 11.3 Å². The molecule has 0 radical (unpaired) electrons. The van der Waals surface area contributed by atoms with Crippen molar-refractivity contribution in [3.05, 3.63) is 59.0 Å². The minimum Gasteiger partial charge on any atom is -0.482 e. The summed E-state index contributed by atoms with van der Waals surface area (Å²) in [4.78, 5) is 44.2. The van der Waals surface area contributed by atoms with Crippen molar-refractivity contribution in [2.45, 2.75) is 13.3 Å². The van der Waals surface area contributed by atoms with E-state index >= 15 is 0 Å². The molecule has 3 heterocycles. The number of amides is 3. The molecule has 0 atom stereocenters. The molecule has 186 valence electrons. The van der Waals surface area contributed by atoms with Gasteiger partial charge in [-0.3, -0.25) is 24.0 Å². The quantitative estimate of drug-likeness (QED) is 0.447. The minimum atomic E-state index is -3.88. The molecule has 0 unspecified atom stereocenters. The lowest BCUT2D eigenvalue weighted by Gasteiger charge is -2.29. The SMILES string of the molecule is CCCN1C(=O)COc2ccc(-c3csc(NS(=O)(=O)CCN4C(=O)c5ccccc5C4=O)n3)cc21. The molecule has 0 bridgehead atoms. The van der Waals surface area contributed by atoms with Crippen LogP contribution in [0.15, 0.2) is 47.8 Å². The monoisotopic (exact) mass is 526 g/mol. The molecule has 5 rings (SSSR count). The molecule has 2 aliphatic heterocycles. The first-order valence-corrected chi connectivity index (χ1v) is 13.8. The van der Waals surface area contributed by atoms with E-state index in [4.69, 9.17) is 4.74 Å². The summed E-state index contributed by atoms with van der Waals surface area (Å²) in [5.74, 6) is -0.983. The Hall–Kier alpha value is -3.77. The van der Waals surface area contributed by atoms with Crippen LogP contribution in [0, 0.1) is 0 Å². The van der Waals surface area contributed by atoms with Crippen LogP contribution in [-0.2, 0) is 14.8 Å². The van der Waals surface area contributed by atoms with E-state index in [2.05, 4.69) is 9.71 Å². The second kappa shape index (κ2) is 9.36. The Morgan fingerprint density at radius 3 is 2.44 bits per heavy atom. The van der Waals surface area contributed by atoms with Crippen molar-refractivity contribution in [2.24, 2.45) is 0 Å². The summed E-state index contributed by atoms with van der Waals surface area (Å²) in [6.07, 6.45) is 0.790. The van der Waals surface area contributed by atoms with Gasteiger partial charge in [0.2, 0.25) is 10.0 Å². The molecule has 1 N–H and O–H groups in total. The van der Waals surface area contributed by atoms with Crippen molar-refractivity contribution >= 4 is 49.9 Å². The summed E-state index contributed by atoms with van der Waals surface area (Å²) in [7, 11) is -3.88. The number of carbonyl (C=O) groups is 3. The predicted octanol–water partition coefficient (Wildman–Crippen LogP) is 2.98. The van der Waals surface area contributed by atoms with E-state index in [0.29, 0.717) is 29.2 Å². The van der Waals surface area contributed by atoms with Gasteiger partial charge in [-0.2, -0.15) is 0 Å². The zero-order valence-electron chi connectivity index (χ0n) is 19.3. The summed E-state index contributed by atoms with van der Waals surface area (Å²) in [5, 5.41) is 1.86. The Labute approximate surface area is 211 Å². The second-order valence-electron chi connectivity index (χ2n) is 8.28. The molecular weight excluding hydrogens is 504 g/mol. The Bertz CT molecular complexity index is 1450. The number of nitrogens with zero attached hydrogens (tertiary/aromatic N) is 3. The van der Waals surface area contributed by atoms with Crippen LogP contribution in [0.5, 0.6) is 5.75 Å². The van der Waals surface area contributed by atoms with Crippen LogP contribution < -0.4 is 14.4 Å². The van der Waals surface area contributed by atoms with Crippen molar-refractivity contribution in [3.63, 3.8) is 0 Å². The van der Waals surface area contributed by atoms with E-state index in [1.807, 2.05) is 6.92 Å². The maximum Gasteiger partial charge on any atom is 0.265 e. The van der Waals surface area contributed by atoms with Crippen LogP contribution in [0.2, 0.25) is 0 Å². The van der Waals surface area contributed by atoms with Crippen molar-refractivity contribution in [1.82, 2.24) is 9.88 Å². The lowest BCUT2D eigenvalue weighted by Crippen LogP contribution is -2.39. The molecule has 2 aliphatic rings. The smallest absolute Gasteiger partial charge is 0.265 e. The number of nitrogens with one attached hydrogen (secondary N) is 1. The first kappa shape index (κ1) is 23.9. The Morgan fingerprint density at radius 1 is 1.03 bits per heavy atom. The van der Waals surface area contributed by atoms with Gasteiger partial charge in [-0.25, -0.2) is 13.4 Å². The number of fused-ring (bicyclic) bond motifs is 2. The molecule has 36 heavy (non-hydrogen) atoms. The molecule has 0 spiro atoms. The number of imide groups is 1. The largest absolute Gasteiger partial charge is 0.482 e. The molecular formula is C24H22N4O6S2. The molecule has 0 fully saturated rings. The maximum atomic E-state index is 12.7. The van der Waals surface area contributed by atoms with Crippen LogP contribution in [-0.4, -0.2) is 61.5 Å². The molecule has 3 amide bonds. The van der Waals surface area contributed by atoms with Crippen LogP contribution in [0.3, 0.4) is 0 Å². The molecule has 10 nitrogen and oxygen atoms in total. The highest BCUT2D eigenvalue weighted by atomic mass is 32.2. The lowest BCUT2D eigenvalue weighted by molar-refractivity contribution is -0.121. The number of aromatic nitrogens is 1. The molecule has 0 saturated heterocycles. The first-order chi connectivity index (χ1) is 17.3. The zero-order chi connectivity index (χ0) is 25.4. The topological polar surface area (TPSA) is 126 Å². The van der Waals surface area contributed by atoms with E-state index in [-0.39, 0.29) is 35.3 Å². The summed E-state index contributed by atoms with van der Waals surface area (Å²) >= 11 is 1.11. The number of ether oxygens (including phenoxy) is 1. The molecule has 12 heteroatoms. The fraction of sp³-hybridized carbons (Fsp3) is 0.250. The summed E-state index contributed by atoms with van der Waals surface area (Å²) in [6, 6.07) is 11.8. The number of sulfonamides is 1. The molecule has 0 saturated carbocycles. The fourth-order valence-corrected chi connectivity index (χ4v) is 6.09. The van der Waals surface area contributed by atoms with Crippen molar-refractivity contribution in [1.29, 1.82) is 0 Å². The van der Waals surface area contributed by atoms with Gasteiger partial charge in [-0.15, -0.1) is 11.3 Å². The highest BCUT2D eigenvalue weighted by molar-refractivity contribution is 7.92.